The Hall–Kier alpha value is -3.07. The summed E-state index contributed by atoms with van der Waals surface area (Å²) >= 11 is 15.7. The Morgan fingerprint density at radius 2 is 1.79 bits per heavy atom. The zero-order chi connectivity index (χ0) is 28.4. The fraction of sp³-hybridized carbons (Fsp3) is 0.276. The van der Waals surface area contributed by atoms with Crippen LogP contribution in [0.2, 0.25) is 10.0 Å². The number of halogens is 3. The van der Waals surface area contributed by atoms with Gasteiger partial charge in [0.15, 0.2) is 6.61 Å². The highest BCUT2D eigenvalue weighted by Crippen LogP contribution is 2.28. The molecule has 0 heterocycles. The van der Waals surface area contributed by atoms with E-state index in [2.05, 4.69) is 31.8 Å². The van der Waals surface area contributed by atoms with Crippen LogP contribution < -0.4 is 20.2 Å². The third-order valence-electron chi connectivity index (χ3n) is 5.55. The zero-order valence-corrected chi connectivity index (χ0v) is 24.9. The second-order valence-corrected chi connectivity index (χ2v) is 11.0. The molecule has 0 aliphatic carbocycles. The van der Waals surface area contributed by atoms with Crippen LogP contribution in [-0.2, 0) is 16.2 Å². The van der Waals surface area contributed by atoms with Crippen molar-refractivity contribution in [2.75, 3.05) is 6.61 Å². The van der Waals surface area contributed by atoms with Crippen LogP contribution in [0.3, 0.4) is 0 Å². The molecular formula is C29H30BrCl2N3O4. The predicted octanol–water partition coefficient (Wildman–Crippen LogP) is 6.70. The second kappa shape index (κ2) is 14.9. The number of hydrazone groups is 1. The van der Waals surface area contributed by atoms with Crippen LogP contribution >= 0.6 is 39.1 Å². The Bertz CT molecular complexity index is 1330. The molecule has 0 radical (unpaired) electrons. The van der Waals surface area contributed by atoms with Crippen LogP contribution in [0.15, 0.2) is 70.2 Å². The normalized spacial score (nSPS) is 11.9. The number of benzene rings is 3. The molecule has 0 bridgehead atoms. The van der Waals surface area contributed by atoms with Crippen molar-refractivity contribution >= 4 is 57.2 Å². The van der Waals surface area contributed by atoms with E-state index in [0.29, 0.717) is 32.4 Å². The number of para-hydroxylation sites is 1. The molecule has 206 valence electrons. The van der Waals surface area contributed by atoms with E-state index in [1.807, 2.05) is 51.1 Å². The van der Waals surface area contributed by atoms with E-state index >= 15 is 0 Å². The number of aryl methyl sites for hydroxylation is 1. The number of hydrogen-bond donors (Lipinski definition) is 2. The molecular weight excluding hydrogens is 605 g/mol. The molecule has 0 aliphatic heterocycles. The van der Waals surface area contributed by atoms with Crippen LogP contribution in [0.4, 0.5) is 0 Å². The Balaban J connectivity index is 1.54. The van der Waals surface area contributed by atoms with E-state index in [4.69, 9.17) is 32.7 Å². The van der Waals surface area contributed by atoms with Gasteiger partial charge in [0, 0.05) is 15.6 Å². The highest BCUT2D eigenvalue weighted by Gasteiger charge is 2.22. The average Bonchev–Trinajstić information content (AvgIpc) is 2.88. The lowest BCUT2D eigenvalue weighted by atomic mass is 10.0. The van der Waals surface area contributed by atoms with Crippen molar-refractivity contribution in [3.8, 4) is 11.5 Å². The minimum Gasteiger partial charge on any atom is -0.488 e. The minimum absolute atomic E-state index is 0.175. The maximum atomic E-state index is 12.8. The first-order valence-electron chi connectivity index (χ1n) is 12.3. The second-order valence-electron chi connectivity index (χ2n) is 9.25. The van der Waals surface area contributed by atoms with Gasteiger partial charge in [0.25, 0.3) is 11.8 Å². The molecule has 0 unspecified atom stereocenters. The van der Waals surface area contributed by atoms with Crippen LogP contribution in [-0.4, -0.2) is 30.7 Å². The topological polar surface area (TPSA) is 89.0 Å². The van der Waals surface area contributed by atoms with Crippen molar-refractivity contribution in [2.45, 2.75) is 39.8 Å². The summed E-state index contributed by atoms with van der Waals surface area (Å²) in [5.41, 5.74) is 4.99. The summed E-state index contributed by atoms with van der Waals surface area (Å²) in [6.07, 6.45) is 1.96. The molecule has 0 spiro atoms. The van der Waals surface area contributed by atoms with Crippen LogP contribution in [0.1, 0.15) is 37.0 Å². The smallest absolute Gasteiger partial charge is 0.262 e. The van der Waals surface area contributed by atoms with Gasteiger partial charge in [0.2, 0.25) is 0 Å². The van der Waals surface area contributed by atoms with Gasteiger partial charge in [-0.1, -0.05) is 61.3 Å². The molecule has 39 heavy (non-hydrogen) atoms. The quantitative estimate of drug-likeness (QED) is 0.171. The van der Waals surface area contributed by atoms with E-state index in [9.17, 15) is 9.59 Å². The van der Waals surface area contributed by atoms with Gasteiger partial charge in [-0.05, 0) is 82.7 Å². The van der Waals surface area contributed by atoms with E-state index in [1.165, 1.54) is 6.21 Å². The lowest BCUT2D eigenvalue weighted by molar-refractivity contribution is -0.130. The van der Waals surface area contributed by atoms with Gasteiger partial charge < -0.3 is 14.8 Å². The maximum Gasteiger partial charge on any atom is 0.262 e. The average molecular weight is 635 g/mol. The number of nitrogens with one attached hydrogen (secondary N) is 2. The van der Waals surface area contributed by atoms with Crippen molar-refractivity contribution in [1.82, 2.24) is 10.7 Å². The molecule has 0 saturated carbocycles. The maximum absolute atomic E-state index is 12.8. The number of amides is 2. The summed E-state index contributed by atoms with van der Waals surface area (Å²) in [4.78, 5) is 25.3. The number of ether oxygens (including phenoxy) is 2. The van der Waals surface area contributed by atoms with E-state index in [1.54, 1.807) is 30.3 Å². The Kier molecular flexibility index (Phi) is 11.7. The molecule has 7 nitrogen and oxygen atoms in total. The summed E-state index contributed by atoms with van der Waals surface area (Å²) in [7, 11) is 0. The Morgan fingerprint density at radius 1 is 1.03 bits per heavy atom. The SMILES string of the molecule is Cc1ccccc1OCC(=O)N[C@@H](CC(C)C)C(=O)N/N=C\c1ccc(OCc2ccc(Cl)cc2Cl)c(Br)c1. The van der Waals surface area contributed by atoms with E-state index in [0.717, 1.165) is 16.7 Å². The summed E-state index contributed by atoms with van der Waals surface area (Å²) in [6, 6.07) is 17.3. The molecule has 10 heteroatoms. The molecule has 3 aromatic rings. The zero-order valence-electron chi connectivity index (χ0n) is 21.8. The van der Waals surface area contributed by atoms with Crippen molar-refractivity contribution in [3.05, 3.63) is 91.9 Å². The predicted molar refractivity (Wildman–Crippen MR) is 159 cm³/mol. The highest BCUT2D eigenvalue weighted by molar-refractivity contribution is 9.10. The van der Waals surface area contributed by atoms with Crippen molar-refractivity contribution in [2.24, 2.45) is 11.0 Å². The molecule has 3 rings (SSSR count). The number of hydrogen-bond acceptors (Lipinski definition) is 5. The van der Waals surface area contributed by atoms with Crippen molar-refractivity contribution < 1.29 is 19.1 Å². The summed E-state index contributed by atoms with van der Waals surface area (Å²) in [5, 5.41) is 7.91. The molecule has 3 aromatic carbocycles. The molecule has 0 aromatic heterocycles. The number of carbonyl (C=O) groups excluding carboxylic acids is 2. The first kappa shape index (κ1) is 30.5. The van der Waals surface area contributed by atoms with Gasteiger partial charge in [0.05, 0.1) is 10.7 Å². The summed E-state index contributed by atoms with van der Waals surface area (Å²) in [6.45, 7) is 5.93. The van der Waals surface area contributed by atoms with Crippen molar-refractivity contribution in [3.63, 3.8) is 0 Å². The van der Waals surface area contributed by atoms with Crippen LogP contribution in [0.25, 0.3) is 0 Å². The number of carbonyl (C=O) groups is 2. The van der Waals surface area contributed by atoms with Gasteiger partial charge in [-0.2, -0.15) is 5.10 Å². The molecule has 2 amide bonds. The fourth-order valence-electron chi connectivity index (χ4n) is 3.56. The number of rotatable bonds is 12. The standard InChI is InChI=1S/C29H30BrCl2N3O4/c1-18(2)12-25(34-28(36)17-39-26-7-5-4-6-19(26)3)29(37)35-33-15-20-8-11-27(23(30)13-20)38-16-21-9-10-22(31)14-24(21)32/h4-11,13-15,18,25H,12,16-17H2,1-3H3,(H,34,36)(H,35,37)/b33-15-/t25-/m0/s1. The fourth-order valence-corrected chi connectivity index (χ4v) is 4.53. The first-order chi connectivity index (χ1) is 18.6. The lowest BCUT2D eigenvalue weighted by Crippen LogP contribution is -2.47. The van der Waals surface area contributed by atoms with Gasteiger partial charge in [-0.3, -0.25) is 9.59 Å². The van der Waals surface area contributed by atoms with Gasteiger partial charge in [0.1, 0.15) is 24.1 Å². The van der Waals surface area contributed by atoms with E-state index < -0.39 is 11.9 Å². The van der Waals surface area contributed by atoms with Crippen molar-refractivity contribution in [1.29, 1.82) is 0 Å². The minimum atomic E-state index is -0.752. The third-order valence-corrected chi connectivity index (χ3v) is 6.76. The molecule has 0 fully saturated rings. The Labute approximate surface area is 247 Å². The highest BCUT2D eigenvalue weighted by atomic mass is 79.9. The van der Waals surface area contributed by atoms with E-state index in [-0.39, 0.29) is 25.0 Å². The Morgan fingerprint density at radius 3 is 2.49 bits per heavy atom. The van der Waals surface area contributed by atoms with Gasteiger partial charge >= 0.3 is 0 Å². The largest absolute Gasteiger partial charge is 0.488 e. The van der Waals surface area contributed by atoms with Crippen LogP contribution in [0, 0.1) is 12.8 Å². The van der Waals surface area contributed by atoms with Gasteiger partial charge in [-0.15, -0.1) is 0 Å². The van der Waals surface area contributed by atoms with Crippen LogP contribution in [0.5, 0.6) is 11.5 Å². The molecule has 2 N–H and O–H groups in total. The molecule has 0 aliphatic rings. The summed E-state index contributed by atoms with van der Waals surface area (Å²) < 4.78 is 12.2. The first-order valence-corrected chi connectivity index (χ1v) is 13.8. The van der Waals surface area contributed by atoms with Gasteiger partial charge in [-0.25, -0.2) is 5.43 Å². The molecule has 0 saturated heterocycles. The summed E-state index contributed by atoms with van der Waals surface area (Å²) in [5.74, 6) is 0.618. The third kappa shape index (κ3) is 9.88. The number of nitrogens with zero attached hydrogens (tertiary/aromatic N) is 1. The molecule has 1 atom stereocenters. The lowest BCUT2D eigenvalue weighted by Gasteiger charge is -2.19. The monoisotopic (exact) mass is 633 g/mol.